The van der Waals surface area contributed by atoms with E-state index in [2.05, 4.69) is 16.3 Å². The minimum Gasteiger partial charge on any atom is -0.463 e. The fourth-order valence-corrected chi connectivity index (χ4v) is 3.63. The molecule has 0 spiro atoms. The molecular weight excluding hydrogens is 332 g/mol. The number of aromatic nitrogens is 2. The number of rotatable bonds is 5. The molecule has 0 unspecified atom stereocenters. The molecule has 0 amide bonds. The van der Waals surface area contributed by atoms with E-state index < -0.39 is 0 Å². The van der Waals surface area contributed by atoms with Crippen molar-refractivity contribution in [2.24, 2.45) is 0 Å². The summed E-state index contributed by atoms with van der Waals surface area (Å²) < 4.78 is 5.40. The van der Waals surface area contributed by atoms with Crippen molar-refractivity contribution in [3.63, 3.8) is 0 Å². The van der Waals surface area contributed by atoms with Gasteiger partial charge in [-0.05, 0) is 30.3 Å². The van der Waals surface area contributed by atoms with Crippen LogP contribution in [0.3, 0.4) is 0 Å². The van der Waals surface area contributed by atoms with Gasteiger partial charge in [0.15, 0.2) is 5.76 Å². The van der Waals surface area contributed by atoms with Crippen LogP contribution < -0.4 is 4.90 Å². The van der Waals surface area contributed by atoms with Crippen LogP contribution in [-0.4, -0.2) is 28.2 Å². The Morgan fingerprint density at radius 2 is 2.00 bits per heavy atom. The third kappa shape index (κ3) is 3.52. The average molecular weight is 353 g/mol. The number of hydrogen-bond acceptors (Lipinski definition) is 4. The smallest absolute Gasteiger partial charge is 0.269 e. The van der Waals surface area contributed by atoms with Crippen molar-refractivity contribution in [2.45, 2.75) is 25.3 Å². The van der Waals surface area contributed by atoms with Crippen LogP contribution in [-0.2, 0) is 6.54 Å². The summed E-state index contributed by atoms with van der Waals surface area (Å²) in [6.07, 6.45) is 3.86. The van der Waals surface area contributed by atoms with Gasteiger partial charge < -0.3 is 9.32 Å². The number of benzene rings is 1. The van der Waals surface area contributed by atoms with Crippen LogP contribution >= 0.6 is 0 Å². The molecule has 0 radical (unpaired) electrons. The summed E-state index contributed by atoms with van der Waals surface area (Å²) in [6, 6.07) is 12.8. The van der Waals surface area contributed by atoms with E-state index in [0.717, 1.165) is 49.5 Å². The number of nitro groups is 1. The molecule has 7 nitrogen and oxygen atoms in total. The van der Waals surface area contributed by atoms with E-state index in [0.29, 0.717) is 5.92 Å². The van der Waals surface area contributed by atoms with E-state index in [1.165, 1.54) is 10.6 Å². The molecule has 1 fully saturated rings. The molecule has 3 aromatic rings. The van der Waals surface area contributed by atoms with E-state index in [-0.39, 0.29) is 10.6 Å². The predicted octanol–water partition coefficient (Wildman–Crippen LogP) is 2.54. The Hall–Kier alpha value is -2.93. The largest absolute Gasteiger partial charge is 0.463 e. The Balaban J connectivity index is 1.33. The van der Waals surface area contributed by atoms with Crippen LogP contribution in [0.25, 0.3) is 11.5 Å². The highest BCUT2D eigenvalue weighted by molar-refractivity contribution is 5.52. The maximum atomic E-state index is 10.7. The number of likely N-dealkylation sites (tertiary alicyclic amines) is 1. The number of nitro benzene ring substituents is 1. The first-order chi connectivity index (χ1) is 12.7. The predicted molar refractivity (Wildman–Crippen MR) is 95.8 cm³/mol. The molecular formula is C19H21N4O3+. The Kier molecular flexibility index (Phi) is 4.53. The summed E-state index contributed by atoms with van der Waals surface area (Å²) in [5.74, 6) is 1.28. The molecule has 0 aliphatic carbocycles. The first-order valence-corrected chi connectivity index (χ1v) is 8.85. The molecule has 1 saturated heterocycles. The summed E-state index contributed by atoms with van der Waals surface area (Å²) in [5.41, 5.74) is 3.32. The number of aromatic amines is 1. The molecule has 0 saturated carbocycles. The number of non-ortho nitro benzene ring substituents is 1. The van der Waals surface area contributed by atoms with E-state index in [1.54, 1.807) is 18.4 Å². The molecule has 2 aromatic heterocycles. The van der Waals surface area contributed by atoms with E-state index >= 15 is 0 Å². The first-order valence-electron chi connectivity index (χ1n) is 8.85. The van der Waals surface area contributed by atoms with Crippen molar-refractivity contribution in [2.75, 3.05) is 13.1 Å². The molecule has 1 aliphatic heterocycles. The molecule has 7 heteroatoms. The Bertz CT molecular complexity index is 863. The second-order valence-electron chi connectivity index (χ2n) is 6.81. The van der Waals surface area contributed by atoms with Crippen LogP contribution in [0.5, 0.6) is 0 Å². The van der Waals surface area contributed by atoms with Crippen molar-refractivity contribution in [3.8, 4) is 11.5 Å². The standard InChI is InChI=1S/C19H20N4O3/c24-23(25)16-5-3-14(4-6-16)13-22-9-7-15(8-10-22)17-12-18(21-20-17)19-2-1-11-26-19/h1-6,11-12,15H,7-10,13H2,(H,20,21)/p+1. The molecule has 1 aromatic carbocycles. The highest BCUT2D eigenvalue weighted by Crippen LogP contribution is 2.26. The Morgan fingerprint density at radius 1 is 1.23 bits per heavy atom. The first kappa shape index (κ1) is 16.5. The van der Waals surface area contributed by atoms with Crippen LogP contribution in [0.15, 0.2) is 53.1 Å². The molecule has 0 bridgehead atoms. The number of nitrogens with zero attached hydrogens (tertiary/aromatic N) is 2. The van der Waals surface area contributed by atoms with Gasteiger partial charge in [0, 0.05) is 42.1 Å². The minimum absolute atomic E-state index is 0.147. The van der Waals surface area contributed by atoms with Gasteiger partial charge in [0.25, 0.3) is 5.69 Å². The highest BCUT2D eigenvalue weighted by atomic mass is 16.6. The number of quaternary nitrogens is 1. The Morgan fingerprint density at radius 3 is 2.65 bits per heavy atom. The van der Waals surface area contributed by atoms with Crippen LogP contribution in [0.2, 0.25) is 0 Å². The molecule has 134 valence electrons. The monoisotopic (exact) mass is 353 g/mol. The number of furan rings is 1. The third-order valence-corrected chi connectivity index (χ3v) is 5.11. The fraction of sp³-hybridized carbons (Fsp3) is 0.316. The van der Waals surface area contributed by atoms with E-state index in [1.807, 2.05) is 24.3 Å². The second kappa shape index (κ2) is 7.13. The second-order valence-corrected chi connectivity index (χ2v) is 6.81. The average Bonchev–Trinajstić information content (AvgIpc) is 3.34. The van der Waals surface area contributed by atoms with Gasteiger partial charge in [-0.2, -0.15) is 5.10 Å². The van der Waals surface area contributed by atoms with Gasteiger partial charge in [-0.1, -0.05) is 0 Å². The lowest BCUT2D eigenvalue weighted by Crippen LogP contribution is -3.11. The molecule has 2 N–H and O–H groups in total. The van der Waals surface area contributed by atoms with Gasteiger partial charge in [-0.25, -0.2) is 0 Å². The lowest BCUT2D eigenvalue weighted by atomic mass is 9.93. The van der Waals surface area contributed by atoms with Gasteiger partial charge in [0.2, 0.25) is 0 Å². The summed E-state index contributed by atoms with van der Waals surface area (Å²) in [5, 5.41) is 18.3. The zero-order valence-electron chi connectivity index (χ0n) is 14.4. The number of hydrogen-bond donors (Lipinski definition) is 2. The Labute approximate surface area is 150 Å². The zero-order valence-corrected chi connectivity index (χ0v) is 14.4. The van der Waals surface area contributed by atoms with Gasteiger partial charge in [0.05, 0.1) is 24.3 Å². The lowest BCUT2D eigenvalue weighted by Gasteiger charge is -2.28. The molecule has 0 atom stereocenters. The van der Waals surface area contributed by atoms with Crippen molar-refractivity contribution < 1.29 is 14.2 Å². The lowest BCUT2D eigenvalue weighted by molar-refractivity contribution is -0.919. The number of piperidine rings is 1. The molecule has 1 aliphatic rings. The summed E-state index contributed by atoms with van der Waals surface area (Å²) in [4.78, 5) is 11.9. The normalized spacial score (nSPS) is 20.2. The van der Waals surface area contributed by atoms with Crippen molar-refractivity contribution in [3.05, 3.63) is 70.1 Å². The quantitative estimate of drug-likeness (QED) is 0.545. The van der Waals surface area contributed by atoms with Crippen molar-refractivity contribution in [1.29, 1.82) is 0 Å². The van der Waals surface area contributed by atoms with Crippen LogP contribution in [0.4, 0.5) is 5.69 Å². The molecule has 26 heavy (non-hydrogen) atoms. The van der Waals surface area contributed by atoms with Crippen molar-refractivity contribution in [1.82, 2.24) is 10.2 Å². The summed E-state index contributed by atoms with van der Waals surface area (Å²) in [7, 11) is 0. The topological polar surface area (TPSA) is 89.4 Å². The summed E-state index contributed by atoms with van der Waals surface area (Å²) in [6.45, 7) is 3.07. The van der Waals surface area contributed by atoms with E-state index in [4.69, 9.17) is 4.42 Å². The van der Waals surface area contributed by atoms with Gasteiger partial charge >= 0.3 is 0 Å². The maximum Gasteiger partial charge on any atom is 0.269 e. The SMILES string of the molecule is O=[N+]([O-])c1ccc(C[NH+]2CCC(c3cc(-c4ccco4)n[nH]3)CC2)cc1. The number of nitrogens with one attached hydrogen (secondary N) is 2. The number of H-pyrrole nitrogens is 1. The summed E-state index contributed by atoms with van der Waals surface area (Å²) >= 11 is 0. The van der Waals surface area contributed by atoms with E-state index in [9.17, 15) is 10.1 Å². The van der Waals surface area contributed by atoms with Gasteiger partial charge in [0.1, 0.15) is 12.2 Å². The molecule has 4 rings (SSSR count). The van der Waals surface area contributed by atoms with Crippen LogP contribution in [0.1, 0.15) is 30.0 Å². The van der Waals surface area contributed by atoms with Crippen molar-refractivity contribution >= 4 is 5.69 Å². The third-order valence-electron chi connectivity index (χ3n) is 5.11. The van der Waals surface area contributed by atoms with Crippen LogP contribution in [0, 0.1) is 10.1 Å². The molecule has 3 heterocycles. The fourth-order valence-electron chi connectivity index (χ4n) is 3.63. The van der Waals surface area contributed by atoms with Gasteiger partial charge in [-0.3, -0.25) is 15.2 Å². The highest BCUT2D eigenvalue weighted by Gasteiger charge is 2.25. The van der Waals surface area contributed by atoms with Gasteiger partial charge in [-0.15, -0.1) is 0 Å². The maximum absolute atomic E-state index is 10.7. The zero-order chi connectivity index (χ0) is 17.9. The minimum atomic E-state index is -0.358.